The van der Waals surface area contributed by atoms with Crippen LogP contribution in [0.25, 0.3) is 10.2 Å². The summed E-state index contributed by atoms with van der Waals surface area (Å²) in [5, 5.41) is 2.75. The van der Waals surface area contributed by atoms with E-state index in [0.717, 1.165) is 23.5 Å². The first kappa shape index (κ1) is 11.8. The van der Waals surface area contributed by atoms with Crippen LogP contribution in [0, 0.1) is 11.6 Å². The summed E-state index contributed by atoms with van der Waals surface area (Å²) in [4.78, 5) is 15.7. The highest BCUT2D eigenvalue weighted by molar-refractivity contribution is 7.22. The van der Waals surface area contributed by atoms with Crippen molar-refractivity contribution in [2.45, 2.75) is 0 Å². The molecule has 3 aromatic rings. The van der Waals surface area contributed by atoms with Gasteiger partial charge in [0, 0.05) is 6.07 Å². The van der Waals surface area contributed by atoms with Gasteiger partial charge in [0.25, 0.3) is 5.91 Å². The van der Waals surface area contributed by atoms with Crippen molar-refractivity contribution in [1.82, 2.24) is 4.98 Å². The number of benzene rings is 1. The number of rotatable bonds is 2. The van der Waals surface area contributed by atoms with Gasteiger partial charge in [-0.1, -0.05) is 11.3 Å². The van der Waals surface area contributed by atoms with Gasteiger partial charge in [0.15, 0.2) is 22.5 Å². The third-order valence-corrected chi connectivity index (χ3v) is 3.33. The summed E-state index contributed by atoms with van der Waals surface area (Å²) in [5.74, 6) is -2.25. The molecule has 0 saturated carbocycles. The van der Waals surface area contributed by atoms with Crippen molar-refractivity contribution in [3.05, 3.63) is 47.9 Å². The maximum Gasteiger partial charge on any atom is 0.293 e. The maximum atomic E-state index is 13.0. The van der Waals surface area contributed by atoms with Gasteiger partial charge in [-0.15, -0.1) is 0 Å². The molecule has 1 N–H and O–H groups in total. The van der Waals surface area contributed by atoms with Gasteiger partial charge in [-0.05, 0) is 18.2 Å². The zero-order valence-corrected chi connectivity index (χ0v) is 10.1. The first-order valence-electron chi connectivity index (χ1n) is 5.24. The molecule has 2 aromatic heterocycles. The molecule has 0 fully saturated rings. The number of furan rings is 1. The van der Waals surface area contributed by atoms with Gasteiger partial charge in [0.2, 0.25) is 0 Å². The van der Waals surface area contributed by atoms with Crippen LogP contribution in [0.4, 0.5) is 13.9 Å². The topological polar surface area (TPSA) is 55.1 Å². The van der Waals surface area contributed by atoms with Crippen LogP contribution in [0.2, 0.25) is 0 Å². The van der Waals surface area contributed by atoms with Gasteiger partial charge in [0.05, 0.1) is 16.5 Å². The molecule has 3 rings (SSSR count). The molecule has 0 aliphatic carbocycles. The highest BCUT2D eigenvalue weighted by atomic mass is 32.1. The molecule has 7 heteroatoms. The standard InChI is InChI=1S/C12H6F2N2O2S/c13-6-4-8-10(5-7(6)14)19-12(15-8)16-11(17)9-2-1-3-18-9/h1-5H,(H,15,16,17). The second-order valence-electron chi connectivity index (χ2n) is 3.68. The summed E-state index contributed by atoms with van der Waals surface area (Å²) >= 11 is 1.05. The molecule has 1 amide bonds. The summed E-state index contributed by atoms with van der Waals surface area (Å²) in [7, 11) is 0. The van der Waals surface area contributed by atoms with E-state index in [2.05, 4.69) is 10.3 Å². The molecule has 1 aromatic carbocycles. The number of carbonyl (C=O) groups excluding carboxylic acids is 1. The number of nitrogens with zero attached hydrogens (tertiary/aromatic N) is 1. The van der Waals surface area contributed by atoms with Gasteiger partial charge in [0.1, 0.15) is 0 Å². The lowest BCUT2D eigenvalue weighted by Crippen LogP contribution is -2.10. The van der Waals surface area contributed by atoms with E-state index in [1.807, 2.05) is 0 Å². The zero-order chi connectivity index (χ0) is 13.4. The second-order valence-corrected chi connectivity index (χ2v) is 4.72. The van der Waals surface area contributed by atoms with Crippen molar-refractivity contribution in [1.29, 1.82) is 0 Å². The van der Waals surface area contributed by atoms with Crippen LogP contribution >= 0.6 is 11.3 Å². The molecule has 0 aliphatic rings. The van der Waals surface area contributed by atoms with Gasteiger partial charge < -0.3 is 4.42 Å². The Bertz CT molecular complexity index is 714. The Balaban J connectivity index is 1.92. The van der Waals surface area contributed by atoms with E-state index in [4.69, 9.17) is 4.42 Å². The molecular formula is C12H6F2N2O2S. The minimum atomic E-state index is -0.971. The van der Waals surface area contributed by atoms with Crippen molar-refractivity contribution in [2.24, 2.45) is 0 Å². The third kappa shape index (κ3) is 2.19. The van der Waals surface area contributed by atoms with Crippen LogP contribution in [0.3, 0.4) is 0 Å². The number of amides is 1. The highest BCUT2D eigenvalue weighted by Gasteiger charge is 2.13. The van der Waals surface area contributed by atoms with E-state index in [0.29, 0.717) is 10.2 Å². The number of hydrogen-bond donors (Lipinski definition) is 1. The molecule has 0 aliphatic heterocycles. The molecular weight excluding hydrogens is 274 g/mol. The lowest BCUT2D eigenvalue weighted by Gasteiger charge is -1.96. The van der Waals surface area contributed by atoms with Crippen molar-refractivity contribution >= 4 is 32.6 Å². The number of nitrogens with one attached hydrogen (secondary N) is 1. The monoisotopic (exact) mass is 280 g/mol. The molecule has 0 bridgehead atoms. The van der Waals surface area contributed by atoms with Gasteiger partial charge in [-0.3, -0.25) is 10.1 Å². The van der Waals surface area contributed by atoms with E-state index in [9.17, 15) is 13.6 Å². The molecule has 0 saturated heterocycles. The summed E-state index contributed by atoms with van der Waals surface area (Å²) in [6, 6.07) is 5.12. The van der Waals surface area contributed by atoms with Crippen molar-refractivity contribution in [3.63, 3.8) is 0 Å². The average Bonchev–Trinajstić information content (AvgIpc) is 2.98. The summed E-state index contributed by atoms with van der Waals surface area (Å²) in [5.41, 5.74) is 0.290. The third-order valence-electron chi connectivity index (χ3n) is 2.40. The zero-order valence-electron chi connectivity index (χ0n) is 9.31. The largest absolute Gasteiger partial charge is 0.459 e. The number of hydrogen-bond acceptors (Lipinski definition) is 4. The van der Waals surface area contributed by atoms with Crippen molar-refractivity contribution < 1.29 is 18.0 Å². The number of halogens is 2. The number of fused-ring (bicyclic) bond motifs is 1. The van der Waals surface area contributed by atoms with E-state index in [1.165, 1.54) is 12.3 Å². The Labute approximate surface area is 109 Å². The maximum absolute atomic E-state index is 13.0. The highest BCUT2D eigenvalue weighted by Crippen LogP contribution is 2.28. The van der Waals surface area contributed by atoms with Crippen LogP contribution in [0.1, 0.15) is 10.6 Å². The molecule has 0 unspecified atom stereocenters. The normalized spacial score (nSPS) is 10.8. The van der Waals surface area contributed by atoms with Crippen molar-refractivity contribution in [2.75, 3.05) is 5.32 Å². The molecule has 19 heavy (non-hydrogen) atoms. The molecule has 4 nitrogen and oxygen atoms in total. The van der Waals surface area contributed by atoms with E-state index < -0.39 is 17.5 Å². The van der Waals surface area contributed by atoms with Crippen LogP contribution in [0.5, 0.6) is 0 Å². The minimum Gasteiger partial charge on any atom is -0.459 e. The summed E-state index contributed by atoms with van der Waals surface area (Å²) in [6.07, 6.45) is 1.37. The van der Waals surface area contributed by atoms with Crippen LogP contribution in [-0.2, 0) is 0 Å². The minimum absolute atomic E-state index is 0.136. The van der Waals surface area contributed by atoms with Gasteiger partial charge in [-0.25, -0.2) is 13.8 Å². The van der Waals surface area contributed by atoms with Gasteiger partial charge in [-0.2, -0.15) is 0 Å². The Morgan fingerprint density at radius 2 is 2.11 bits per heavy atom. The average molecular weight is 280 g/mol. The summed E-state index contributed by atoms with van der Waals surface area (Å²) < 4.78 is 31.5. The Kier molecular flexibility index (Phi) is 2.75. The number of anilines is 1. The molecule has 0 spiro atoms. The molecule has 0 atom stereocenters. The lowest BCUT2D eigenvalue weighted by molar-refractivity contribution is 0.0996. The van der Waals surface area contributed by atoms with Crippen LogP contribution in [-0.4, -0.2) is 10.9 Å². The smallest absolute Gasteiger partial charge is 0.293 e. The quantitative estimate of drug-likeness (QED) is 0.782. The van der Waals surface area contributed by atoms with Crippen LogP contribution in [0.15, 0.2) is 34.9 Å². The fourth-order valence-corrected chi connectivity index (χ4v) is 2.41. The molecule has 2 heterocycles. The first-order chi connectivity index (χ1) is 9.13. The molecule has 0 radical (unpaired) electrons. The number of carbonyl (C=O) groups is 1. The van der Waals surface area contributed by atoms with Crippen molar-refractivity contribution in [3.8, 4) is 0 Å². The fourth-order valence-electron chi connectivity index (χ4n) is 1.54. The number of thiazole rings is 1. The second kappa shape index (κ2) is 4.43. The van der Waals surface area contributed by atoms with E-state index >= 15 is 0 Å². The predicted octanol–water partition coefficient (Wildman–Crippen LogP) is 3.42. The first-order valence-corrected chi connectivity index (χ1v) is 6.05. The van der Waals surface area contributed by atoms with E-state index in [1.54, 1.807) is 6.07 Å². The predicted molar refractivity (Wildman–Crippen MR) is 66.2 cm³/mol. The van der Waals surface area contributed by atoms with Gasteiger partial charge >= 0.3 is 0 Å². The van der Waals surface area contributed by atoms with Crippen LogP contribution < -0.4 is 5.32 Å². The Morgan fingerprint density at radius 3 is 2.84 bits per heavy atom. The number of aromatic nitrogens is 1. The summed E-state index contributed by atoms with van der Waals surface area (Å²) in [6.45, 7) is 0. The Hall–Kier alpha value is -2.28. The Morgan fingerprint density at radius 1 is 1.32 bits per heavy atom. The fraction of sp³-hybridized carbons (Fsp3) is 0. The van der Waals surface area contributed by atoms with E-state index in [-0.39, 0.29) is 10.9 Å². The lowest BCUT2D eigenvalue weighted by atomic mass is 10.3. The molecule has 96 valence electrons. The SMILES string of the molecule is O=C(Nc1nc2cc(F)c(F)cc2s1)c1ccco1.